The second kappa shape index (κ2) is 25.5. The number of aliphatic imine (C=N–C) groups is 2. The third-order valence-corrected chi connectivity index (χ3v) is 19.3. The monoisotopic (exact) mass is 1170 g/mol. The average molecular weight is 1170 g/mol. The summed E-state index contributed by atoms with van der Waals surface area (Å²) in [6.45, 7) is 6.80. The maximum Gasteiger partial charge on any atom is 1.00 e. The summed E-state index contributed by atoms with van der Waals surface area (Å²) in [6.07, 6.45) is 7.14. The Morgan fingerprint density at radius 2 is 1.06 bits per heavy atom. The Morgan fingerprint density at radius 3 is 1.40 bits per heavy atom. The number of aliphatic hydroxyl groups excluding tert-OH is 1. The van der Waals surface area contributed by atoms with Gasteiger partial charge in [0, 0.05) is 35.8 Å². The number of fused-ring (bicyclic) bond motifs is 6. The molecule has 8 bridgehead atoms. The fraction of sp³-hybridized carbons (Fsp3) is 0.696. The molecule has 31 heteroatoms. The molecular weight excluding hydrogens is 1110 g/mol. The summed E-state index contributed by atoms with van der Waals surface area (Å²) in [6, 6.07) is 9.12. The number of esters is 3. The Labute approximate surface area is 467 Å². The number of nitrogens with one attached hydrogen (secondary N) is 1. The first-order chi connectivity index (χ1) is 35.6. The number of hydrogen-bond donors (Lipinski definition) is 2. The number of pyridine rings is 1. The molecule has 4 aliphatic carbocycles. The molecule has 7 heterocycles. The van der Waals surface area contributed by atoms with E-state index in [9.17, 15) is 67.1 Å². The van der Waals surface area contributed by atoms with E-state index in [4.69, 9.17) is 37.2 Å². The fourth-order valence-electron chi connectivity index (χ4n) is 11.3. The van der Waals surface area contributed by atoms with E-state index in [1.807, 2.05) is 58.3 Å². The smallest absolute Gasteiger partial charge is 0.748 e. The van der Waals surface area contributed by atoms with Crippen LogP contribution < -0.4 is 34.5 Å². The van der Waals surface area contributed by atoms with Crippen molar-refractivity contribution >= 4 is 70.4 Å². The van der Waals surface area contributed by atoms with Gasteiger partial charge in [0.15, 0.2) is 12.4 Å². The van der Waals surface area contributed by atoms with Crippen LogP contribution in [-0.4, -0.2) is 179 Å². The number of rotatable bonds is 13. The number of carbonyl (C=O) groups is 4. The first kappa shape index (κ1) is 62.6. The Morgan fingerprint density at radius 1 is 0.662 bits per heavy atom. The van der Waals surface area contributed by atoms with E-state index in [0.717, 1.165) is 0 Å². The molecule has 0 radical (unpaired) electrons. The average Bonchev–Trinajstić information content (AvgIpc) is 4.20. The second-order valence-electron chi connectivity index (χ2n) is 20.2. The first-order valence-electron chi connectivity index (χ1n) is 24.5. The van der Waals surface area contributed by atoms with Crippen molar-refractivity contribution in [1.29, 1.82) is 0 Å². The largest absolute Gasteiger partial charge is 1.00 e. The minimum Gasteiger partial charge on any atom is -0.748 e. The molecule has 422 valence electrons. The van der Waals surface area contributed by atoms with Crippen LogP contribution >= 0.6 is 0 Å². The van der Waals surface area contributed by atoms with E-state index >= 15 is 0 Å². The number of aromatic nitrogens is 1. The first-order valence-corrected chi connectivity index (χ1v) is 30.6. The van der Waals surface area contributed by atoms with Gasteiger partial charge in [0.1, 0.15) is 54.7 Å². The Bertz CT molecular complexity index is 2860. The molecule has 18 unspecified atom stereocenters. The van der Waals surface area contributed by atoms with Gasteiger partial charge in [-0.2, -0.15) is 16.8 Å². The molecular formula is C46H60N3NaO23S4. The molecule has 11 rings (SSSR count). The predicted molar refractivity (Wildman–Crippen MR) is 255 cm³/mol. The van der Waals surface area contributed by atoms with Crippen LogP contribution in [0.1, 0.15) is 53.4 Å². The van der Waals surface area contributed by atoms with Crippen molar-refractivity contribution in [2.24, 2.45) is 57.3 Å². The van der Waals surface area contributed by atoms with Crippen LogP contribution in [0.15, 0.2) is 64.9 Å². The van der Waals surface area contributed by atoms with Crippen LogP contribution in [0.25, 0.3) is 0 Å². The molecule has 4 saturated heterocycles. The summed E-state index contributed by atoms with van der Waals surface area (Å²) >= 11 is 0. The zero-order chi connectivity index (χ0) is 55.7. The summed E-state index contributed by atoms with van der Waals surface area (Å²) in [4.78, 5) is 60.3. The molecule has 4 saturated carbocycles. The van der Waals surface area contributed by atoms with E-state index < -0.39 is 172 Å². The van der Waals surface area contributed by atoms with Crippen molar-refractivity contribution in [3.8, 4) is 0 Å². The number of aliphatic hydroxyl groups is 1. The van der Waals surface area contributed by atoms with Gasteiger partial charge >= 0.3 is 53.4 Å². The van der Waals surface area contributed by atoms with Crippen molar-refractivity contribution in [2.75, 3.05) is 24.7 Å². The van der Waals surface area contributed by atoms with Gasteiger partial charge in [-0.15, -0.1) is 0 Å². The molecule has 18 atom stereocenters. The molecule has 26 nitrogen and oxygen atoms in total. The molecule has 1 aromatic heterocycles. The van der Waals surface area contributed by atoms with Crippen LogP contribution in [0.2, 0.25) is 0 Å². The summed E-state index contributed by atoms with van der Waals surface area (Å²) in [5.74, 6) is -9.24. The molecule has 0 amide bonds. The normalized spacial score (nSPS) is 36.4. The number of carboxylic acids is 1. The number of carbonyl (C=O) groups excluding carboxylic acids is 3. The maximum absolute atomic E-state index is 13.0. The van der Waals surface area contributed by atoms with E-state index in [0.29, 0.717) is 37.8 Å². The van der Waals surface area contributed by atoms with Crippen LogP contribution in [-0.2, 0) is 91.7 Å². The molecule has 8 fully saturated rings. The van der Waals surface area contributed by atoms with Crippen molar-refractivity contribution in [3.05, 3.63) is 54.9 Å². The van der Waals surface area contributed by atoms with Gasteiger partial charge in [-0.3, -0.25) is 27.5 Å². The molecule has 0 spiro atoms. The zero-order valence-corrected chi connectivity index (χ0v) is 47.7. The van der Waals surface area contributed by atoms with Crippen molar-refractivity contribution < 1.29 is 139 Å². The van der Waals surface area contributed by atoms with Gasteiger partial charge in [-0.25, -0.2) is 31.8 Å². The number of aromatic amines is 1. The van der Waals surface area contributed by atoms with Gasteiger partial charge in [0.05, 0.1) is 91.4 Å². The fourth-order valence-corrected chi connectivity index (χ4v) is 15.6. The van der Waals surface area contributed by atoms with Gasteiger partial charge in [-0.05, 0) is 53.4 Å². The molecule has 77 heavy (non-hydrogen) atoms. The molecule has 1 aromatic rings. The summed E-state index contributed by atoms with van der Waals surface area (Å²) in [5.41, 5.74) is 0. The minimum absolute atomic E-state index is 0. The SMILES string of the molecule is CC(C)N=C=NC(C)C.O=C(O)C1C2C=CC(O2)C1C(=O)OC1C2CC3C1OS(=O)(=O)C3C2.O=C(OCCS(=O)(=O)[O-])C1C2C=CC(O2)C1C(=O)OC1C2CC3C1OS(=O)(=O)C3C2.O=S(=O)([O-])CCO.[Na+].c1cc[nH+]cc1. The maximum atomic E-state index is 13.0. The van der Waals surface area contributed by atoms with Crippen molar-refractivity contribution in [2.45, 2.75) is 125 Å². The second-order valence-corrected chi connectivity index (χ2v) is 26.8. The molecule has 6 aliphatic heterocycles. The predicted octanol–water partition coefficient (Wildman–Crippen LogP) is -3.61. The van der Waals surface area contributed by atoms with Gasteiger partial charge in [0.25, 0.3) is 20.2 Å². The third kappa shape index (κ3) is 14.9. The number of H-pyrrole nitrogens is 1. The quantitative estimate of drug-likeness (QED) is 0.0366. The standard InChI is InChI=1S/C17H20O11S2.C15H16O8S.C7H14N2.C5H5N.C2H6O4S.Na/c18-16(25-3-4-29(20,21)22)12-9-1-2-10(26-9)13(12)17(19)27-14-7-5-8-11(6-7)30(23,24)28-15(8)14;16-14(17)10-7-1-2-8(21-7)11(10)15(18)22-12-5-3-6-9(4-5)24(19,20)23-13(6)12;1-6(2)8-5-9-7(3)4;1-2-4-6-5-3-1;3-1-2-7(4,5)6;/h1-2,7-15H,3-6H2,(H,20,21,22);1-2,5-13H,3-4H2,(H,16,17);6-7H,1-4H3;1-5H;3H,1-2H2,(H,4,5,6);/q;;;;;+1/p-1. The van der Waals surface area contributed by atoms with E-state index in [2.05, 4.69) is 21.0 Å². The van der Waals surface area contributed by atoms with E-state index in [1.54, 1.807) is 24.3 Å². The van der Waals surface area contributed by atoms with Gasteiger partial charge in [0.2, 0.25) is 0 Å². The van der Waals surface area contributed by atoms with Crippen LogP contribution in [0.3, 0.4) is 0 Å². The van der Waals surface area contributed by atoms with Crippen molar-refractivity contribution in [3.63, 3.8) is 0 Å². The van der Waals surface area contributed by atoms with Crippen LogP contribution in [0.5, 0.6) is 0 Å². The van der Waals surface area contributed by atoms with Gasteiger partial charge in [-0.1, -0.05) is 30.4 Å². The zero-order valence-electron chi connectivity index (χ0n) is 42.4. The summed E-state index contributed by atoms with van der Waals surface area (Å²) in [7, 11) is -15.9. The summed E-state index contributed by atoms with van der Waals surface area (Å²) < 4.78 is 146. The van der Waals surface area contributed by atoms with Crippen LogP contribution in [0, 0.1) is 47.3 Å². The minimum atomic E-state index is -4.55. The van der Waals surface area contributed by atoms with Gasteiger partial charge < -0.3 is 43.0 Å². The molecule has 3 N–H and O–H groups in total. The number of carboxylic acid groups (broad SMARTS) is 1. The number of nitrogens with zero attached hydrogens (tertiary/aromatic N) is 2. The Kier molecular flexibility index (Phi) is 20.7. The Hall–Kier alpha value is -3.59. The van der Waals surface area contributed by atoms with Crippen LogP contribution in [0.4, 0.5) is 0 Å². The molecule has 0 aromatic carbocycles. The number of hydrogen-bond acceptors (Lipinski definition) is 24. The Balaban J connectivity index is 0.000000180. The summed E-state index contributed by atoms with van der Waals surface area (Å²) in [5, 5.41) is 16.2. The van der Waals surface area contributed by atoms with E-state index in [1.165, 1.54) is 0 Å². The van der Waals surface area contributed by atoms with Crippen molar-refractivity contribution in [1.82, 2.24) is 0 Å². The van der Waals surface area contributed by atoms with E-state index in [-0.39, 0.29) is 53.2 Å². The number of ether oxygens (including phenoxy) is 5. The molecule has 10 aliphatic rings. The number of aliphatic carboxylic acids is 1. The third-order valence-electron chi connectivity index (χ3n) is 14.4. The topological polar surface area (TPSA) is 395 Å².